The topological polar surface area (TPSA) is 52.0 Å². The third-order valence-corrected chi connectivity index (χ3v) is 3.21. The van der Waals surface area contributed by atoms with E-state index < -0.39 is 17.3 Å². The summed E-state index contributed by atoms with van der Waals surface area (Å²) in [6, 6.07) is 1.59. The molecule has 8 heteroatoms. The fourth-order valence-corrected chi connectivity index (χ4v) is 2.15. The molecule has 0 aliphatic carbocycles. The van der Waals surface area contributed by atoms with Crippen LogP contribution < -0.4 is 5.56 Å². The van der Waals surface area contributed by atoms with Crippen LogP contribution in [-0.2, 0) is 12.7 Å². The van der Waals surface area contributed by atoms with E-state index in [9.17, 15) is 22.8 Å². The van der Waals surface area contributed by atoms with Crippen LogP contribution in [0.3, 0.4) is 0 Å². The Bertz CT molecular complexity index is 660. The largest absolute Gasteiger partial charge is 0.417 e. The lowest BCUT2D eigenvalue weighted by Gasteiger charge is -2.09. The Kier molecular flexibility index (Phi) is 3.52. The summed E-state index contributed by atoms with van der Waals surface area (Å²) in [7, 11) is 0. The Balaban J connectivity index is 2.34. The summed E-state index contributed by atoms with van der Waals surface area (Å²) < 4.78 is 38.5. The predicted octanol–water partition coefficient (Wildman–Crippen LogP) is 2.18. The van der Waals surface area contributed by atoms with Gasteiger partial charge in [0.25, 0.3) is 5.56 Å². The van der Waals surface area contributed by atoms with Crippen LogP contribution in [0, 0.1) is 0 Å². The van der Waals surface area contributed by atoms with Crippen molar-refractivity contribution >= 4 is 17.6 Å². The number of rotatable bonds is 3. The van der Waals surface area contributed by atoms with Gasteiger partial charge < -0.3 is 4.57 Å². The Labute approximate surface area is 109 Å². The second-order valence-corrected chi connectivity index (χ2v) is 4.80. The summed E-state index contributed by atoms with van der Waals surface area (Å²) >= 11 is 1.03. The molecule has 19 heavy (non-hydrogen) atoms. The monoisotopic (exact) mass is 288 g/mol. The minimum atomic E-state index is -4.51. The maximum Gasteiger partial charge on any atom is 0.417 e. The van der Waals surface area contributed by atoms with Gasteiger partial charge in [0.2, 0.25) is 0 Å². The normalized spacial score (nSPS) is 11.5. The van der Waals surface area contributed by atoms with E-state index in [1.165, 1.54) is 6.20 Å². The predicted molar refractivity (Wildman–Crippen MR) is 62.3 cm³/mol. The molecule has 0 fully saturated rings. The number of alkyl halides is 3. The van der Waals surface area contributed by atoms with Gasteiger partial charge >= 0.3 is 6.18 Å². The van der Waals surface area contributed by atoms with Crippen LogP contribution in [0.4, 0.5) is 13.2 Å². The van der Waals surface area contributed by atoms with Crippen molar-refractivity contribution in [3.05, 3.63) is 50.3 Å². The van der Waals surface area contributed by atoms with Crippen molar-refractivity contribution in [2.24, 2.45) is 0 Å². The highest BCUT2D eigenvalue weighted by Crippen LogP contribution is 2.28. The van der Waals surface area contributed by atoms with Crippen molar-refractivity contribution in [2.75, 3.05) is 0 Å². The SMILES string of the molecule is O=Cc1cnc(Cn2cc(C(F)(F)F)ccc2=O)s1. The van der Waals surface area contributed by atoms with E-state index in [4.69, 9.17) is 0 Å². The van der Waals surface area contributed by atoms with Crippen molar-refractivity contribution < 1.29 is 18.0 Å². The van der Waals surface area contributed by atoms with Gasteiger partial charge in [0.15, 0.2) is 6.29 Å². The number of nitrogens with zero attached hydrogens (tertiary/aromatic N) is 2. The molecule has 0 radical (unpaired) electrons. The van der Waals surface area contributed by atoms with Gasteiger partial charge in [0.05, 0.1) is 17.0 Å². The quantitative estimate of drug-likeness (QED) is 0.813. The first-order valence-corrected chi connectivity index (χ1v) is 5.89. The Hall–Kier alpha value is -1.96. The number of hydrogen-bond donors (Lipinski definition) is 0. The number of aldehydes is 1. The molecule has 0 aromatic carbocycles. The van der Waals surface area contributed by atoms with Crippen LogP contribution in [-0.4, -0.2) is 15.8 Å². The number of pyridine rings is 1. The maximum atomic E-state index is 12.5. The zero-order chi connectivity index (χ0) is 14.0. The second-order valence-electron chi connectivity index (χ2n) is 3.66. The number of carbonyl (C=O) groups excluding carboxylic acids is 1. The molecule has 0 aliphatic rings. The zero-order valence-electron chi connectivity index (χ0n) is 9.35. The van der Waals surface area contributed by atoms with Gasteiger partial charge in [0.1, 0.15) is 5.01 Å². The van der Waals surface area contributed by atoms with E-state index in [1.54, 1.807) is 0 Å². The van der Waals surface area contributed by atoms with Gasteiger partial charge in [0, 0.05) is 18.5 Å². The average Bonchev–Trinajstić information content (AvgIpc) is 2.78. The molecule has 2 aromatic heterocycles. The van der Waals surface area contributed by atoms with Crippen molar-refractivity contribution in [2.45, 2.75) is 12.7 Å². The van der Waals surface area contributed by atoms with E-state index in [1.807, 2.05) is 0 Å². The van der Waals surface area contributed by atoms with Gasteiger partial charge in [-0.25, -0.2) is 4.98 Å². The minimum Gasteiger partial charge on any atom is -0.308 e. The van der Waals surface area contributed by atoms with Crippen LogP contribution >= 0.6 is 11.3 Å². The third-order valence-electron chi connectivity index (χ3n) is 2.30. The van der Waals surface area contributed by atoms with Crippen molar-refractivity contribution in [3.63, 3.8) is 0 Å². The minimum absolute atomic E-state index is 0.0960. The molecular weight excluding hydrogens is 281 g/mol. The number of carbonyl (C=O) groups is 1. The molecule has 2 aromatic rings. The summed E-state index contributed by atoms with van der Waals surface area (Å²) in [5.41, 5.74) is -1.46. The lowest BCUT2D eigenvalue weighted by atomic mass is 10.3. The highest BCUT2D eigenvalue weighted by Gasteiger charge is 2.31. The van der Waals surface area contributed by atoms with Gasteiger partial charge in [-0.3, -0.25) is 9.59 Å². The van der Waals surface area contributed by atoms with Gasteiger partial charge in [-0.05, 0) is 6.07 Å². The molecule has 0 unspecified atom stereocenters. The smallest absolute Gasteiger partial charge is 0.308 e. The lowest BCUT2D eigenvalue weighted by Crippen LogP contribution is -2.21. The van der Waals surface area contributed by atoms with E-state index in [0.717, 1.165) is 34.2 Å². The van der Waals surface area contributed by atoms with Crippen LogP contribution in [0.25, 0.3) is 0 Å². The fourth-order valence-electron chi connectivity index (χ4n) is 1.42. The Morgan fingerprint density at radius 1 is 1.37 bits per heavy atom. The molecule has 2 rings (SSSR count). The van der Waals surface area contributed by atoms with E-state index in [0.29, 0.717) is 16.2 Å². The van der Waals surface area contributed by atoms with Crippen LogP contribution in [0.2, 0.25) is 0 Å². The lowest BCUT2D eigenvalue weighted by molar-refractivity contribution is -0.138. The summed E-state index contributed by atoms with van der Waals surface area (Å²) in [4.78, 5) is 26.2. The first kappa shape index (κ1) is 13.5. The summed E-state index contributed by atoms with van der Waals surface area (Å²) in [5, 5.41) is 0.392. The first-order chi connectivity index (χ1) is 8.90. The number of halogens is 3. The molecule has 0 N–H and O–H groups in total. The molecular formula is C11H7F3N2O2S. The number of hydrogen-bond acceptors (Lipinski definition) is 4. The third kappa shape index (κ3) is 3.08. The fraction of sp³-hybridized carbons (Fsp3) is 0.182. The van der Waals surface area contributed by atoms with E-state index >= 15 is 0 Å². The van der Waals surface area contributed by atoms with Crippen LogP contribution in [0.15, 0.2) is 29.3 Å². The molecule has 0 bridgehead atoms. The van der Waals surface area contributed by atoms with Crippen LogP contribution in [0.5, 0.6) is 0 Å². The van der Waals surface area contributed by atoms with Crippen molar-refractivity contribution in [3.8, 4) is 0 Å². The second kappa shape index (κ2) is 4.96. The molecule has 0 aliphatic heterocycles. The zero-order valence-corrected chi connectivity index (χ0v) is 10.2. The van der Waals surface area contributed by atoms with Crippen molar-refractivity contribution in [1.82, 2.24) is 9.55 Å². The molecule has 0 amide bonds. The van der Waals surface area contributed by atoms with Gasteiger partial charge in [-0.1, -0.05) is 0 Å². The maximum absolute atomic E-state index is 12.5. The summed E-state index contributed by atoms with van der Waals surface area (Å²) in [6.07, 6.45) is -1.86. The summed E-state index contributed by atoms with van der Waals surface area (Å²) in [6.45, 7) is -0.0960. The molecule has 0 spiro atoms. The molecule has 0 saturated carbocycles. The summed E-state index contributed by atoms with van der Waals surface area (Å²) in [5.74, 6) is 0. The van der Waals surface area contributed by atoms with E-state index in [-0.39, 0.29) is 6.54 Å². The molecule has 0 atom stereocenters. The standard InChI is InChI=1S/C11H7F3N2O2S/c12-11(13,14)7-1-2-10(18)16(4-7)5-9-15-3-8(6-17)19-9/h1-4,6H,5H2. The molecule has 100 valence electrons. The molecule has 2 heterocycles. The van der Waals surface area contributed by atoms with E-state index in [2.05, 4.69) is 4.98 Å². The molecule has 0 saturated heterocycles. The average molecular weight is 288 g/mol. The first-order valence-electron chi connectivity index (χ1n) is 5.08. The highest BCUT2D eigenvalue weighted by molar-refractivity contribution is 7.13. The van der Waals surface area contributed by atoms with Crippen LogP contribution in [0.1, 0.15) is 20.2 Å². The molecule has 4 nitrogen and oxygen atoms in total. The van der Waals surface area contributed by atoms with Gasteiger partial charge in [-0.15, -0.1) is 11.3 Å². The van der Waals surface area contributed by atoms with Crippen molar-refractivity contribution in [1.29, 1.82) is 0 Å². The Morgan fingerprint density at radius 2 is 2.11 bits per heavy atom. The number of thiazole rings is 1. The highest BCUT2D eigenvalue weighted by atomic mass is 32.1. The van der Waals surface area contributed by atoms with Gasteiger partial charge in [-0.2, -0.15) is 13.2 Å². The number of aromatic nitrogens is 2. The Morgan fingerprint density at radius 3 is 2.68 bits per heavy atom.